The van der Waals surface area contributed by atoms with Crippen molar-refractivity contribution < 1.29 is 14.3 Å². The molecule has 1 aliphatic heterocycles. The first-order valence-electron chi connectivity index (χ1n) is 7.01. The van der Waals surface area contributed by atoms with Crippen LogP contribution >= 0.6 is 11.3 Å². The van der Waals surface area contributed by atoms with Crippen molar-refractivity contribution in [3.8, 4) is 0 Å². The fraction of sp³-hybridized carbons (Fsp3) is 0.294. The number of fused-ring (bicyclic) bond motifs is 1. The molecule has 5 heteroatoms. The van der Waals surface area contributed by atoms with Crippen LogP contribution in [0.3, 0.4) is 0 Å². The Morgan fingerprint density at radius 2 is 2.09 bits per heavy atom. The highest BCUT2D eigenvalue weighted by Gasteiger charge is 2.44. The monoisotopic (exact) mass is 315 g/mol. The van der Waals surface area contributed by atoms with E-state index < -0.39 is 11.4 Å². The minimum atomic E-state index is -0.583. The molecule has 0 saturated carbocycles. The zero-order valence-electron chi connectivity index (χ0n) is 12.8. The summed E-state index contributed by atoms with van der Waals surface area (Å²) in [6, 6.07) is 7.33. The van der Waals surface area contributed by atoms with Crippen LogP contribution in [0.2, 0.25) is 0 Å². The lowest BCUT2D eigenvalue weighted by Gasteiger charge is -2.20. The minimum Gasteiger partial charge on any atom is -0.465 e. The number of anilines is 1. The summed E-state index contributed by atoms with van der Waals surface area (Å²) >= 11 is 1.60. The van der Waals surface area contributed by atoms with E-state index in [-0.39, 0.29) is 5.91 Å². The molecular formula is C17H17NO3S. The summed E-state index contributed by atoms with van der Waals surface area (Å²) < 4.78 is 4.78. The third kappa shape index (κ3) is 2.22. The molecule has 1 aromatic heterocycles. The van der Waals surface area contributed by atoms with Crippen LogP contribution in [0.15, 0.2) is 35.0 Å². The molecule has 1 aromatic carbocycles. The fourth-order valence-corrected chi connectivity index (χ4v) is 3.47. The molecule has 1 aliphatic rings. The Kier molecular flexibility index (Phi) is 3.53. The van der Waals surface area contributed by atoms with Gasteiger partial charge in [-0.25, -0.2) is 4.79 Å². The molecule has 1 amide bonds. The second-order valence-electron chi connectivity index (χ2n) is 5.87. The summed E-state index contributed by atoms with van der Waals surface area (Å²) in [5, 5.41) is 4.02. The van der Waals surface area contributed by atoms with Gasteiger partial charge < -0.3 is 9.64 Å². The van der Waals surface area contributed by atoms with E-state index in [9.17, 15) is 9.59 Å². The van der Waals surface area contributed by atoms with Crippen LogP contribution in [0.25, 0.3) is 0 Å². The lowest BCUT2D eigenvalue weighted by Crippen LogP contribution is -2.35. The Hall–Kier alpha value is -2.14. The largest absolute Gasteiger partial charge is 0.465 e. The highest BCUT2D eigenvalue weighted by molar-refractivity contribution is 7.07. The molecule has 0 unspecified atom stereocenters. The van der Waals surface area contributed by atoms with Crippen LogP contribution in [0.5, 0.6) is 0 Å². The van der Waals surface area contributed by atoms with Crippen LogP contribution in [-0.4, -0.2) is 19.0 Å². The number of nitrogens with zero attached hydrogens (tertiary/aromatic N) is 1. The number of hydrogen-bond donors (Lipinski definition) is 0. The van der Waals surface area contributed by atoms with E-state index in [0.717, 1.165) is 16.8 Å². The molecule has 2 aromatic rings. The highest BCUT2D eigenvalue weighted by Crippen LogP contribution is 2.42. The Balaban J connectivity index is 2.06. The normalized spacial score (nSPS) is 15.8. The van der Waals surface area contributed by atoms with Crippen molar-refractivity contribution in [3.63, 3.8) is 0 Å². The molecule has 3 rings (SSSR count). The van der Waals surface area contributed by atoms with Crippen molar-refractivity contribution >= 4 is 28.9 Å². The van der Waals surface area contributed by atoms with Gasteiger partial charge in [0.2, 0.25) is 5.91 Å². The summed E-state index contributed by atoms with van der Waals surface area (Å²) in [6.45, 7) is 4.35. The Morgan fingerprint density at radius 3 is 2.73 bits per heavy atom. The predicted octanol–water partition coefficient (Wildman–Crippen LogP) is 3.36. The number of thiophene rings is 1. The molecule has 4 nitrogen and oxygen atoms in total. The number of amides is 1. The van der Waals surface area contributed by atoms with Crippen LogP contribution in [0.1, 0.15) is 35.3 Å². The second-order valence-corrected chi connectivity index (χ2v) is 6.65. The number of methoxy groups -OCH3 is 1. The highest BCUT2D eigenvalue weighted by atomic mass is 32.1. The minimum absolute atomic E-state index is 0.0516. The maximum Gasteiger partial charge on any atom is 0.337 e. The lowest BCUT2D eigenvalue weighted by molar-refractivity contribution is -0.122. The topological polar surface area (TPSA) is 46.6 Å². The van der Waals surface area contributed by atoms with Gasteiger partial charge in [0.25, 0.3) is 0 Å². The van der Waals surface area contributed by atoms with Crippen LogP contribution in [0.4, 0.5) is 5.69 Å². The SMILES string of the molecule is COC(=O)c1ccc2c(c1)N(Cc1ccsc1)C(=O)C2(C)C. The summed E-state index contributed by atoms with van der Waals surface area (Å²) in [6.07, 6.45) is 0. The first-order valence-corrected chi connectivity index (χ1v) is 7.95. The van der Waals surface area contributed by atoms with Gasteiger partial charge in [-0.05, 0) is 53.9 Å². The van der Waals surface area contributed by atoms with Crippen molar-refractivity contribution in [2.24, 2.45) is 0 Å². The molecule has 0 spiro atoms. The smallest absolute Gasteiger partial charge is 0.337 e. The number of benzene rings is 1. The zero-order chi connectivity index (χ0) is 15.9. The summed E-state index contributed by atoms with van der Waals surface area (Å²) in [7, 11) is 1.35. The molecule has 0 aliphatic carbocycles. The van der Waals surface area contributed by atoms with Crippen molar-refractivity contribution in [1.29, 1.82) is 0 Å². The van der Waals surface area contributed by atoms with Crippen LogP contribution in [-0.2, 0) is 21.5 Å². The third-order valence-electron chi connectivity index (χ3n) is 4.08. The van der Waals surface area contributed by atoms with E-state index in [4.69, 9.17) is 4.74 Å². The average molecular weight is 315 g/mol. The maximum absolute atomic E-state index is 12.8. The molecule has 0 fully saturated rings. The average Bonchev–Trinajstić information content (AvgIpc) is 3.08. The summed E-state index contributed by atoms with van der Waals surface area (Å²) in [5.41, 5.74) is 2.71. The summed E-state index contributed by atoms with van der Waals surface area (Å²) in [4.78, 5) is 26.3. The van der Waals surface area contributed by atoms with Gasteiger partial charge >= 0.3 is 5.97 Å². The number of carbonyl (C=O) groups is 2. The van der Waals surface area contributed by atoms with Gasteiger partial charge in [-0.1, -0.05) is 6.07 Å². The Morgan fingerprint density at radius 1 is 1.32 bits per heavy atom. The molecule has 114 valence electrons. The Bertz CT molecular complexity index is 734. The van der Waals surface area contributed by atoms with E-state index in [1.807, 2.05) is 36.7 Å². The molecule has 0 saturated heterocycles. The Labute approximate surface area is 133 Å². The first kappa shape index (κ1) is 14.8. The molecule has 2 heterocycles. The summed E-state index contributed by atoms with van der Waals surface area (Å²) in [5.74, 6) is -0.342. The number of esters is 1. The fourth-order valence-electron chi connectivity index (χ4n) is 2.81. The number of hydrogen-bond acceptors (Lipinski definition) is 4. The predicted molar refractivity (Wildman–Crippen MR) is 86.3 cm³/mol. The van der Waals surface area contributed by atoms with Gasteiger partial charge in [-0.2, -0.15) is 11.3 Å². The van der Waals surface area contributed by atoms with E-state index in [1.54, 1.807) is 28.4 Å². The first-order chi connectivity index (χ1) is 10.4. The molecule has 0 N–H and O–H groups in total. The van der Waals surface area contributed by atoms with E-state index in [1.165, 1.54) is 7.11 Å². The van der Waals surface area contributed by atoms with Gasteiger partial charge in [0, 0.05) is 5.69 Å². The van der Waals surface area contributed by atoms with Crippen molar-refractivity contribution in [2.75, 3.05) is 12.0 Å². The van der Waals surface area contributed by atoms with Crippen LogP contribution < -0.4 is 4.90 Å². The van der Waals surface area contributed by atoms with Crippen molar-refractivity contribution in [2.45, 2.75) is 25.8 Å². The molecule has 22 heavy (non-hydrogen) atoms. The zero-order valence-corrected chi connectivity index (χ0v) is 13.6. The van der Waals surface area contributed by atoms with Crippen molar-refractivity contribution in [3.05, 3.63) is 51.7 Å². The number of rotatable bonds is 3. The standard InChI is InChI=1S/C17H17NO3S/c1-17(2)13-5-4-12(15(19)21-3)8-14(13)18(16(17)20)9-11-6-7-22-10-11/h4-8,10H,9H2,1-3H3. The van der Waals surface area contributed by atoms with E-state index >= 15 is 0 Å². The van der Waals surface area contributed by atoms with Gasteiger partial charge in [-0.15, -0.1) is 0 Å². The van der Waals surface area contributed by atoms with E-state index in [2.05, 4.69) is 0 Å². The third-order valence-corrected chi connectivity index (χ3v) is 4.82. The quantitative estimate of drug-likeness (QED) is 0.816. The lowest BCUT2D eigenvalue weighted by atomic mass is 9.86. The number of ether oxygens (including phenoxy) is 1. The van der Waals surface area contributed by atoms with Gasteiger partial charge in [0.1, 0.15) is 0 Å². The van der Waals surface area contributed by atoms with Gasteiger partial charge in [-0.3, -0.25) is 4.79 Å². The molecule has 0 radical (unpaired) electrons. The maximum atomic E-state index is 12.8. The molecular weight excluding hydrogens is 298 g/mol. The van der Waals surface area contributed by atoms with E-state index in [0.29, 0.717) is 12.1 Å². The van der Waals surface area contributed by atoms with Crippen LogP contribution in [0, 0.1) is 0 Å². The molecule has 0 bridgehead atoms. The number of carbonyl (C=O) groups excluding carboxylic acids is 2. The van der Waals surface area contributed by atoms with Gasteiger partial charge in [0.15, 0.2) is 0 Å². The van der Waals surface area contributed by atoms with Gasteiger partial charge in [0.05, 0.1) is 24.6 Å². The molecule has 0 atom stereocenters. The second kappa shape index (κ2) is 5.25. The van der Waals surface area contributed by atoms with Crippen molar-refractivity contribution in [1.82, 2.24) is 0 Å².